The molecular weight excluding hydrogens is 414 g/mol. The molecule has 32 heavy (non-hydrogen) atoms. The van der Waals surface area contributed by atoms with Gasteiger partial charge in [-0.2, -0.15) is 20.2 Å². The lowest BCUT2D eigenvalue weighted by Crippen LogP contribution is -2.19. The molecule has 0 atom stereocenters. The Hall–Kier alpha value is -3.80. The fourth-order valence-corrected chi connectivity index (χ4v) is 3.14. The summed E-state index contributed by atoms with van der Waals surface area (Å²) in [7, 11) is 1.90. The summed E-state index contributed by atoms with van der Waals surface area (Å²) in [5.41, 5.74) is 2.60. The average molecular weight is 439 g/mol. The highest BCUT2D eigenvalue weighted by Crippen LogP contribution is 2.31. The first kappa shape index (κ1) is 21.4. The molecular formula is C20H25N9O3. The molecule has 168 valence electrons. The Morgan fingerprint density at radius 3 is 2.81 bits per heavy atom. The minimum absolute atomic E-state index is 0.193. The molecule has 12 heteroatoms. The lowest BCUT2D eigenvalue weighted by atomic mass is 10.3. The van der Waals surface area contributed by atoms with Crippen molar-refractivity contribution in [3.8, 4) is 11.5 Å². The zero-order chi connectivity index (χ0) is 22.7. The van der Waals surface area contributed by atoms with E-state index in [9.17, 15) is 4.79 Å². The Balaban J connectivity index is 1.93. The Labute approximate surface area is 183 Å². The smallest absolute Gasteiger partial charge is 0.380 e. The number of anilines is 3. The van der Waals surface area contributed by atoms with Crippen LogP contribution < -0.4 is 16.0 Å². The zero-order valence-electron chi connectivity index (χ0n) is 18.4. The number of hydrogen-bond donors (Lipinski definition) is 2. The van der Waals surface area contributed by atoms with Crippen molar-refractivity contribution >= 4 is 28.6 Å². The molecule has 0 aliphatic rings. The fourth-order valence-electron chi connectivity index (χ4n) is 3.14. The van der Waals surface area contributed by atoms with Gasteiger partial charge < -0.3 is 19.5 Å². The zero-order valence-corrected chi connectivity index (χ0v) is 18.4. The molecule has 0 aromatic carbocycles. The number of nitrogens with zero attached hydrogens (tertiary/aromatic N) is 7. The molecule has 0 saturated heterocycles. The molecule has 12 nitrogen and oxygen atoms in total. The van der Waals surface area contributed by atoms with Crippen LogP contribution in [0.3, 0.4) is 0 Å². The highest BCUT2D eigenvalue weighted by Gasteiger charge is 2.23. The lowest BCUT2D eigenvalue weighted by molar-refractivity contribution is 0.137. The van der Waals surface area contributed by atoms with Gasteiger partial charge >= 0.3 is 5.76 Å². The van der Waals surface area contributed by atoms with E-state index in [-0.39, 0.29) is 5.82 Å². The van der Waals surface area contributed by atoms with Crippen LogP contribution in [-0.4, -0.2) is 61.7 Å². The van der Waals surface area contributed by atoms with Crippen LogP contribution in [0.1, 0.15) is 19.4 Å². The van der Waals surface area contributed by atoms with Gasteiger partial charge in [-0.15, -0.1) is 0 Å². The third-order valence-electron chi connectivity index (χ3n) is 4.87. The topological polar surface area (TPSA) is 140 Å². The minimum atomic E-state index is -0.737. The summed E-state index contributed by atoms with van der Waals surface area (Å²) in [6.07, 6.45) is 1.73. The summed E-state index contributed by atoms with van der Waals surface area (Å²) in [4.78, 5) is 31.2. The van der Waals surface area contributed by atoms with Crippen molar-refractivity contribution in [2.45, 2.75) is 27.3 Å². The molecule has 0 spiro atoms. The number of aromatic nitrogens is 7. The first-order valence-electron chi connectivity index (χ1n) is 10.3. The first-order chi connectivity index (χ1) is 15.5. The first-order valence-corrected chi connectivity index (χ1v) is 10.3. The number of pyridine rings is 1. The molecule has 4 rings (SSSR count). The number of aromatic amines is 1. The SMILES string of the molecule is CCOCCn1nc(-c2nc(=O)o[nH]2)c2nc(N(C)CC)nc(Nc3cc(C)ccn3)c21. The van der Waals surface area contributed by atoms with Crippen molar-refractivity contribution in [2.24, 2.45) is 0 Å². The number of nitrogens with one attached hydrogen (secondary N) is 2. The van der Waals surface area contributed by atoms with Gasteiger partial charge in [0.2, 0.25) is 5.95 Å². The van der Waals surface area contributed by atoms with E-state index in [0.29, 0.717) is 60.6 Å². The molecule has 0 bridgehead atoms. The molecule has 0 aliphatic heterocycles. The van der Waals surface area contributed by atoms with Gasteiger partial charge in [0, 0.05) is 26.4 Å². The Morgan fingerprint density at radius 2 is 2.12 bits per heavy atom. The highest BCUT2D eigenvalue weighted by atomic mass is 16.5. The third-order valence-corrected chi connectivity index (χ3v) is 4.87. The summed E-state index contributed by atoms with van der Waals surface area (Å²) in [6.45, 7) is 8.11. The van der Waals surface area contributed by atoms with Crippen LogP contribution in [0.5, 0.6) is 0 Å². The van der Waals surface area contributed by atoms with Crippen molar-refractivity contribution in [3.63, 3.8) is 0 Å². The fraction of sp³-hybridized carbons (Fsp3) is 0.400. The number of aryl methyl sites for hydroxylation is 1. The van der Waals surface area contributed by atoms with Crippen LogP contribution in [0, 0.1) is 6.92 Å². The van der Waals surface area contributed by atoms with E-state index in [1.54, 1.807) is 10.9 Å². The Bertz CT molecular complexity index is 1280. The second kappa shape index (κ2) is 9.14. The summed E-state index contributed by atoms with van der Waals surface area (Å²) < 4.78 is 12.0. The quantitative estimate of drug-likeness (QED) is 0.373. The van der Waals surface area contributed by atoms with E-state index in [1.807, 2.05) is 44.9 Å². The average Bonchev–Trinajstić information content (AvgIpc) is 3.37. The molecule has 0 fully saturated rings. The van der Waals surface area contributed by atoms with Gasteiger partial charge in [-0.05, 0) is 38.5 Å². The van der Waals surface area contributed by atoms with Crippen LogP contribution in [0.25, 0.3) is 22.6 Å². The molecule has 0 saturated carbocycles. The number of rotatable bonds is 9. The van der Waals surface area contributed by atoms with Gasteiger partial charge in [-0.1, -0.05) is 0 Å². The number of hydrogen-bond acceptors (Lipinski definition) is 10. The summed E-state index contributed by atoms with van der Waals surface area (Å²) in [6, 6.07) is 3.84. The molecule has 4 aromatic heterocycles. The lowest BCUT2D eigenvalue weighted by Gasteiger charge is -2.17. The van der Waals surface area contributed by atoms with Crippen molar-refractivity contribution in [1.82, 2.24) is 34.9 Å². The van der Waals surface area contributed by atoms with E-state index in [1.165, 1.54) is 0 Å². The van der Waals surface area contributed by atoms with E-state index in [4.69, 9.17) is 19.2 Å². The van der Waals surface area contributed by atoms with E-state index in [2.05, 4.69) is 25.5 Å². The van der Waals surface area contributed by atoms with Crippen molar-refractivity contribution in [2.75, 3.05) is 37.0 Å². The van der Waals surface area contributed by atoms with Gasteiger partial charge in [0.1, 0.15) is 16.9 Å². The van der Waals surface area contributed by atoms with Crippen LogP contribution in [-0.2, 0) is 11.3 Å². The van der Waals surface area contributed by atoms with Gasteiger partial charge in [0.25, 0.3) is 0 Å². The minimum Gasteiger partial charge on any atom is -0.380 e. The summed E-state index contributed by atoms with van der Waals surface area (Å²) >= 11 is 0. The van der Waals surface area contributed by atoms with Crippen molar-refractivity contribution < 1.29 is 9.26 Å². The van der Waals surface area contributed by atoms with Crippen LogP contribution in [0.4, 0.5) is 17.6 Å². The van der Waals surface area contributed by atoms with Crippen LogP contribution in [0.15, 0.2) is 27.6 Å². The summed E-state index contributed by atoms with van der Waals surface area (Å²) in [5.74, 6) is 1.12. The Kier molecular flexibility index (Phi) is 6.12. The van der Waals surface area contributed by atoms with Crippen LogP contribution in [0.2, 0.25) is 0 Å². The maximum absolute atomic E-state index is 11.6. The second-order valence-electron chi connectivity index (χ2n) is 7.13. The van der Waals surface area contributed by atoms with E-state index in [0.717, 1.165) is 5.56 Å². The molecule has 0 aliphatic carbocycles. The predicted molar refractivity (Wildman–Crippen MR) is 119 cm³/mol. The molecule has 0 unspecified atom stereocenters. The highest BCUT2D eigenvalue weighted by molar-refractivity contribution is 5.96. The normalized spacial score (nSPS) is 11.2. The van der Waals surface area contributed by atoms with E-state index >= 15 is 0 Å². The third kappa shape index (κ3) is 4.30. The Morgan fingerprint density at radius 1 is 1.28 bits per heavy atom. The molecule has 4 aromatic rings. The van der Waals surface area contributed by atoms with E-state index < -0.39 is 5.76 Å². The second-order valence-corrected chi connectivity index (χ2v) is 7.13. The standard InChI is InChI=1S/C20H25N9O3/c1-5-28(4)19-23-14-15(17-25-20(30)32-27-17)26-29(9-10-31-6-2)16(14)18(24-19)22-13-11-12(3)7-8-21-13/h7-8,11H,5-6,9-10H2,1-4H3,(H,25,27,30)(H,21,22,23,24). The predicted octanol–water partition coefficient (Wildman–Crippen LogP) is 2.11. The van der Waals surface area contributed by atoms with Crippen LogP contribution >= 0.6 is 0 Å². The van der Waals surface area contributed by atoms with Gasteiger partial charge in [0.05, 0.1) is 13.2 Å². The number of fused-ring (bicyclic) bond motifs is 1. The molecule has 2 N–H and O–H groups in total. The van der Waals surface area contributed by atoms with Gasteiger partial charge in [-0.25, -0.2) is 14.8 Å². The molecule has 0 amide bonds. The van der Waals surface area contributed by atoms with Crippen molar-refractivity contribution in [1.29, 1.82) is 0 Å². The summed E-state index contributed by atoms with van der Waals surface area (Å²) in [5, 5.41) is 10.5. The van der Waals surface area contributed by atoms with Crippen molar-refractivity contribution in [3.05, 3.63) is 34.4 Å². The molecule has 0 radical (unpaired) electrons. The van der Waals surface area contributed by atoms with Gasteiger partial charge in [-0.3, -0.25) is 4.68 Å². The monoisotopic (exact) mass is 439 g/mol. The maximum atomic E-state index is 11.6. The molecule has 4 heterocycles. The van der Waals surface area contributed by atoms with Gasteiger partial charge in [0.15, 0.2) is 17.3 Å². The maximum Gasteiger partial charge on any atom is 0.460 e. The number of H-pyrrole nitrogens is 1. The largest absolute Gasteiger partial charge is 0.460 e. The number of ether oxygens (including phenoxy) is 1.